The molecule has 0 radical (unpaired) electrons. The monoisotopic (exact) mass is 276 g/mol. The zero-order valence-corrected chi connectivity index (χ0v) is 12.2. The average molecular weight is 276 g/mol. The van der Waals surface area contributed by atoms with Gasteiger partial charge in [-0.15, -0.1) is 0 Å². The molecule has 0 aliphatic carbocycles. The van der Waals surface area contributed by atoms with Crippen molar-refractivity contribution < 1.29 is 9.90 Å². The number of aliphatic carboxylic acids is 1. The highest BCUT2D eigenvalue weighted by Gasteiger charge is 2.21. The van der Waals surface area contributed by atoms with Crippen molar-refractivity contribution in [3.05, 3.63) is 35.9 Å². The van der Waals surface area contributed by atoms with Gasteiger partial charge in [0.25, 0.3) is 0 Å². The van der Waals surface area contributed by atoms with Crippen molar-refractivity contribution in [3.8, 4) is 0 Å². The first-order chi connectivity index (χ1) is 9.65. The van der Waals surface area contributed by atoms with Crippen LogP contribution in [0.4, 0.5) is 0 Å². The molecule has 0 amide bonds. The number of carboxylic acids is 1. The van der Waals surface area contributed by atoms with Crippen LogP contribution in [0.1, 0.15) is 18.9 Å². The Bertz CT molecular complexity index is 414. The number of carboxylic acid groups (broad SMARTS) is 1. The van der Waals surface area contributed by atoms with E-state index in [1.165, 1.54) is 5.56 Å². The molecule has 0 spiro atoms. The molecule has 1 fully saturated rings. The Hall–Kier alpha value is -1.39. The lowest BCUT2D eigenvalue weighted by molar-refractivity contribution is -0.137. The Labute approximate surface area is 121 Å². The molecule has 1 unspecified atom stereocenters. The van der Waals surface area contributed by atoms with Gasteiger partial charge in [-0.3, -0.25) is 9.69 Å². The molecule has 110 valence electrons. The summed E-state index contributed by atoms with van der Waals surface area (Å²) >= 11 is 0. The minimum Gasteiger partial charge on any atom is -0.481 e. The van der Waals surface area contributed by atoms with Crippen LogP contribution in [-0.4, -0.2) is 59.6 Å². The lowest BCUT2D eigenvalue weighted by atomic mass is 10.1. The normalized spacial score (nSPS) is 18.9. The van der Waals surface area contributed by atoms with Crippen molar-refractivity contribution in [2.75, 3.05) is 32.7 Å². The topological polar surface area (TPSA) is 43.8 Å². The van der Waals surface area contributed by atoms with Gasteiger partial charge in [0.05, 0.1) is 6.42 Å². The molecule has 1 heterocycles. The lowest BCUT2D eigenvalue weighted by Crippen LogP contribution is -2.50. The summed E-state index contributed by atoms with van der Waals surface area (Å²) in [6.45, 7) is 6.98. The molecule has 1 aliphatic rings. The molecule has 20 heavy (non-hydrogen) atoms. The van der Waals surface area contributed by atoms with E-state index >= 15 is 0 Å². The second-order valence-corrected chi connectivity index (χ2v) is 5.56. The Balaban J connectivity index is 1.74. The molecule has 1 aromatic carbocycles. The smallest absolute Gasteiger partial charge is 0.304 e. The van der Waals surface area contributed by atoms with Gasteiger partial charge in [0.1, 0.15) is 0 Å². The zero-order valence-electron chi connectivity index (χ0n) is 12.2. The zero-order chi connectivity index (χ0) is 14.4. The van der Waals surface area contributed by atoms with Crippen LogP contribution in [0, 0.1) is 0 Å². The van der Waals surface area contributed by atoms with Crippen molar-refractivity contribution in [2.24, 2.45) is 0 Å². The molecular weight excluding hydrogens is 252 g/mol. The SMILES string of the molecule is CC(Cc1ccccc1)N1CCN(CCC(=O)O)CC1. The third-order valence-electron chi connectivity index (χ3n) is 4.05. The molecule has 1 aliphatic heterocycles. The van der Waals surface area contributed by atoms with Crippen LogP contribution in [0.2, 0.25) is 0 Å². The third-order valence-corrected chi connectivity index (χ3v) is 4.05. The first-order valence-corrected chi connectivity index (χ1v) is 7.37. The number of benzene rings is 1. The van der Waals surface area contributed by atoms with E-state index in [0.29, 0.717) is 12.6 Å². The average Bonchev–Trinajstić information content (AvgIpc) is 2.46. The van der Waals surface area contributed by atoms with Gasteiger partial charge in [-0.25, -0.2) is 0 Å². The van der Waals surface area contributed by atoms with Gasteiger partial charge in [0.2, 0.25) is 0 Å². The summed E-state index contributed by atoms with van der Waals surface area (Å²) in [5, 5.41) is 8.71. The van der Waals surface area contributed by atoms with Crippen LogP contribution in [-0.2, 0) is 11.2 Å². The second kappa shape index (κ2) is 7.41. The number of carbonyl (C=O) groups is 1. The fourth-order valence-electron chi connectivity index (χ4n) is 2.77. The predicted octanol–water partition coefficient (Wildman–Crippen LogP) is 1.71. The number of rotatable bonds is 6. The predicted molar refractivity (Wildman–Crippen MR) is 79.9 cm³/mol. The van der Waals surface area contributed by atoms with Gasteiger partial charge in [-0.2, -0.15) is 0 Å². The summed E-state index contributed by atoms with van der Waals surface area (Å²) in [5.41, 5.74) is 1.38. The summed E-state index contributed by atoms with van der Waals surface area (Å²) in [6, 6.07) is 11.1. The summed E-state index contributed by atoms with van der Waals surface area (Å²) < 4.78 is 0. The van der Waals surface area contributed by atoms with Gasteiger partial charge in [0.15, 0.2) is 0 Å². The molecule has 0 saturated carbocycles. The van der Waals surface area contributed by atoms with E-state index in [-0.39, 0.29) is 6.42 Å². The molecule has 1 N–H and O–H groups in total. The van der Waals surface area contributed by atoms with E-state index in [9.17, 15) is 4.79 Å². The lowest BCUT2D eigenvalue weighted by Gasteiger charge is -2.38. The van der Waals surface area contributed by atoms with Crippen molar-refractivity contribution >= 4 is 5.97 Å². The first kappa shape index (κ1) is 15.0. The van der Waals surface area contributed by atoms with Crippen LogP contribution in [0.25, 0.3) is 0 Å². The summed E-state index contributed by atoms with van der Waals surface area (Å²) in [5.74, 6) is -0.704. The van der Waals surface area contributed by atoms with E-state index in [2.05, 4.69) is 47.1 Å². The van der Waals surface area contributed by atoms with E-state index in [1.54, 1.807) is 0 Å². The first-order valence-electron chi connectivity index (χ1n) is 7.37. The van der Waals surface area contributed by atoms with Crippen molar-refractivity contribution in [3.63, 3.8) is 0 Å². The largest absolute Gasteiger partial charge is 0.481 e. The Morgan fingerprint density at radius 3 is 2.45 bits per heavy atom. The molecule has 1 aromatic rings. The molecule has 0 bridgehead atoms. The quantitative estimate of drug-likeness (QED) is 0.859. The van der Waals surface area contributed by atoms with Gasteiger partial charge in [-0.1, -0.05) is 30.3 Å². The second-order valence-electron chi connectivity index (χ2n) is 5.56. The molecular formula is C16H24N2O2. The van der Waals surface area contributed by atoms with Crippen LogP contribution in [0.15, 0.2) is 30.3 Å². The van der Waals surface area contributed by atoms with Crippen LogP contribution in [0.5, 0.6) is 0 Å². The van der Waals surface area contributed by atoms with Crippen molar-refractivity contribution in [2.45, 2.75) is 25.8 Å². The maximum atomic E-state index is 10.6. The Morgan fingerprint density at radius 2 is 1.85 bits per heavy atom. The molecule has 4 heteroatoms. The Kier molecular flexibility index (Phi) is 5.56. The maximum absolute atomic E-state index is 10.6. The highest BCUT2D eigenvalue weighted by Crippen LogP contribution is 2.11. The summed E-state index contributed by atoms with van der Waals surface area (Å²) in [7, 11) is 0. The molecule has 1 saturated heterocycles. The summed E-state index contributed by atoms with van der Waals surface area (Å²) in [6.07, 6.45) is 1.33. The van der Waals surface area contributed by atoms with Crippen LogP contribution < -0.4 is 0 Å². The van der Waals surface area contributed by atoms with Crippen LogP contribution in [0.3, 0.4) is 0 Å². The molecule has 1 atom stereocenters. The van der Waals surface area contributed by atoms with Gasteiger partial charge in [-0.05, 0) is 18.9 Å². The van der Waals surface area contributed by atoms with E-state index in [1.807, 2.05) is 0 Å². The van der Waals surface area contributed by atoms with E-state index < -0.39 is 5.97 Å². The summed E-state index contributed by atoms with van der Waals surface area (Å²) in [4.78, 5) is 15.3. The fourth-order valence-corrected chi connectivity index (χ4v) is 2.77. The highest BCUT2D eigenvalue weighted by molar-refractivity contribution is 5.66. The van der Waals surface area contributed by atoms with E-state index in [4.69, 9.17) is 5.11 Å². The third kappa shape index (κ3) is 4.62. The van der Waals surface area contributed by atoms with Crippen molar-refractivity contribution in [1.82, 2.24) is 9.80 Å². The minimum atomic E-state index is -0.704. The minimum absolute atomic E-state index is 0.250. The fraction of sp³-hybridized carbons (Fsp3) is 0.562. The van der Waals surface area contributed by atoms with E-state index in [0.717, 1.165) is 32.6 Å². The Morgan fingerprint density at radius 1 is 1.20 bits per heavy atom. The van der Waals surface area contributed by atoms with Gasteiger partial charge in [0, 0.05) is 38.8 Å². The van der Waals surface area contributed by atoms with Crippen LogP contribution >= 0.6 is 0 Å². The number of hydrogen-bond donors (Lipinski definition) is 1. The highest BCUT2D eigenvalue weighted by atomic mass is 16.4. The number of hydrogen-bond acceptors (Lipinski definition) is 3. The van der Waals surface area contributed by atoms with Gasteiger partial charge < -0.3 is 10.0 Å². The standard InChI is InChI=1S/C16H24N2O2/c1-14(13-15-5-3-2-4-6-15)18-11-9-17(10-12-18)8-7-16(19)20/h2-6,14H,7-13H2,1H3,(H,19,20). The number of nitrogens with zero attached hydrogens (tertiary/aromatic N) is 2. The molecule has 0 aromatic heterocycles. The molecule has 4 nitrogen and oxygen atoms in total. The number of piperazine rings is 1. The van der Waals surface area contributed by atoms with Crippen molar-refractivity contribution in [1.29, 1.82) is 0 Å². The molecule has 2 rings (SSSR count). The van der Waals surface area contributed by atoms with Gasteiger partial charge >= 0.3 is 5.97 Å². The maximum Gasteiger partial charge on any atom is 0.304 e.